The summed E-state index contributed by atoms with van der Waals surface area (Å²) in [6.07, 6.45) is 9.80. The highest BCUT2D eigenvalue weighted by Gasteiger charge is 2.26. The zero-order chi connectivity index (χ0) is 13.1. The fourth-order valence-electron chi connectivity index (χ4n) is 3.59. The number of hydrogen-bond donors (Lipinski definition) is 1. The molecule has 0 saturated heterocycles. The Hall–Kier alpha value is -0.820. The fourth-order valence-corrected chi connectivity index (χ4v) is 3.59. The summed E-state index contributed by atoms with van der Waals surface area (Å²) in [5.41, 5.74) is 3.15. The lowest BCUT2D eigenvalue weighted by Gasteiger charge is -2.29. The van der Waals surface area contributed by atoms with E-state index in [1.54, 1.807) is 11.1 Å². The van der Waals surface area contributed by atoms with E-state index in [1.807, 2.05) is 0 Å². The van der Waals surface area contributed by atoms with Gasteiger partial charge in [0.2, 0.25) is 0 Å². The lowest BCUT2D eigenvalue weighted by molar-refractivity contribution is 0.278. The van der Waals surface area contributed by atoms with Crippen LogP contribution in [0, 0.1) is 5.92 Å². The quantitative estimate of drug-likeness (QED) is 0.811. The second-order valence-electron chi connectivity index (χ2n) is 6.49. The van der Waals surface area contributed by atoms with E-state index in [9.17, 15) is 0 Å². The highest BCUT2D eigenvalue weighted by molar-refractivity contribution is 5.33. The molecule has 1 nitrogen and oxygen atoms in total. The van der Waals surface area contributed by atoms with Crippen LogP contribution < -0.4 is 5.32 Å². The molecular formula is C18H27N. The first-order valence-electron chi connectivity index (χ1n) is 8.18. The Morgan fingerprint density at radius 1 is 1.11 bits per heavy atom. The van der Waals surface area contributed by atoms with Crippen molar-refractivity contribution in [3.8, 4) is 0 Å². The summed E-state index contributed by atoms with van der Waals surface area (Å²) in [7, 11) is 0. The van der Waals surface area contributed by atoms with Gasteiger partial charge in [0.05, 0.1) is 0 Å². The van der Waals surface area contributed by atoms with Crippen LogP contribution in [-0.2, 0) is 6.54 Å². The minimum Gasteiger partial charge on any atom is -0.310 e. The summed E-state index contributed by atoms with van der Waals surface area (Å²) in [6.45, 7) is 3.42. The molecule has 19 heavy (non-hydrogen) atoms. The van der Waals surface area contributed by atoms with E-state index in [2.05, 4.69) is 36.5 Å². The molecule has 0 aromatic heterocycles. The van der Waals surface area contributed by atoms with Crippen molar-refractivity contribution >= 4 is 0 Å². The van der Waals surface area contributed by atoms with Crippen LogP contribution in [0.1, 0.15) is 68.9 Å². The fraction of sp³-hybridized carbons (Fsp3) is 0.667. The van der Waals surface area contributed by atoms with Gasteiger partial charge < -0.3 is 5.32 Å². The average Bonchev–Trinajstić information content (AvgIpc) is 3.30. The van der Waals surface area contributed by atoms with E-state index < -0.39 is 0 Å². The third kappa shape index (κ3) is 3.39. The van der Waals surface area contributed by atoms with Crippen LogP contribution in [0.5, 0.6) is 0 Å². The topological polar surface area (TPSA) is 12.0 Å². The van der Waals surface area contributed by atoms with Crippen molar-refractivity contribution in [1.29, 1.82) is 0 Å². The van der Waals surface area contributed by atoms with E-state index in [-0.39, 0.29) is 0 Å². The number of benzene rings is 1. The van der Waals surface area contributed by atoms with Crippen molar-refractivity contribution in [2.24, 2.45) is 5.92 Å². The molecular weight excluding hydrogens is 230 g/mol. The summed E-state index contributed by atoms with van der Waals surface area (Å²) in [5.74, 6) is 1.83. The first-order valence-corrected chi connectivity index (χ1v) is 8.18. The standard InChI is InChI=1S/C18H27N/c1-2-14-6-5-8-17(12-14)19-13-16-7-3-4-9-18(16)15-10-11-15/h3-4,7,9,14-15,17,19H,2,5-6,8,10-13H2,1H3. The largest absolute Gasteiger partial charge is 0.310 e. The summed E-state index contributed by atoms with van der Waals surface area (Å²) in [6, 6.07) is 9.81. The van der Waals surface area contributed by atoms with E-state index in [0.717, 1.165) is 24.4 Å². The van der Waals surface area contributed by atoms with Gasteiger partial charge in [0.25, 0.3) is 0 Å². The summed E-state index contributed by atoms with van der Waals surface area (Å²) >= 11 is 0. The zero-order valence-corrected chi connectivity index (χ0v) is 12.2. The molecule has 2 aliphatic carbocycles. The van der Waals surface area contributed by atoms with Crippen LogP contribution in [0.15, 0.2) is 24.3 Å². The monoisotopic (exact) mass is 257 g/mol. The molecule has 0 aliphatic heterocycles. The van der Waals surface area contributed by atoms with Crippen molar-refractivity contribution in [1.82, 2.24) is 5.32 Å². The van der Waals surface area contributed by atoms with Crippen LogP contribution in [0.25, 0.3) is 0 Å². The average molecular weight is 257 g/mol. The molecule has 2 atom stereocenters. The maximum absolute atomic E-state index is 3.83. The van der Waals surface area contributed by atoms with Crippen LogP contribution in [0.3, 0.4) is 0 Å². The number of rotatable bonds is 5. The minimum absolute atomic E-state index is 0.756. The molecule has 2 fully saturated rings. The van der Waals surface area contributed by atoms with E-state index in [0.29, 0.717) is 0 Å². The minimum atomic E-state index is 0.756. The second-order valence-corrected chi connectivity index (χ2v) is 6.49. The van der Waals surface area contributed by atoms with Gasteiger partial charge in [-0.25, -0.2) is 0 Å². The lowest BCUT2D eigenvalue weighted by atomic mass is 9.84. The molecule has 0 bridgehead atoms. The molecule has 1 heteroatoms. The van der Waals surface area contributed by atoms with Gasteiger partial charge >= 0.3 is 0 Å². The Balaban J connectivity index is 1.57. The van der Waals surface area contributed by atoms with Crippen molar-refractivity contribution in [2.45, 2.75) is 70.4 Å². The SMILES string of the molecule is CCC1CCCC(NCc2ccccc2C2CC2)C1. The first kappa shape index (κ1) is 13.2. The van der Waals surface area contributed by atoms with Gasteiger partial charge in [0.15, 0.2) is 0 Å². The van der Waals surface area contributed by atoms with E-state index >= 15 is 0 Å². The van der Waals surface area contributed by atoms with E-state index in [1.165, 1.54) is 44.9 Å². The van der Waals surface area contributed by atoms with Crippen LogP contribution >= 0.6 is 0 Å². The smallest absolute Gasteiger partial charge is 0.0210 e. The highest BCUT2D eigenvalue weighted by Crippen LogP contribution is 2.41. The summed E-state index contributed by atoms with van der Waals surface area (Å²) in [4.78, 5) is 0. The van der Waals surface area contributed by atoms with Gasteiger partial charge in [-0.1, -0.05) is 50.5 Å². The molecule has 2 aliphatic rings. The lowest BCUT2D eigenvalue weighted by Crippen LogP contribution is -2.33. The van der Waals surface area contributed by atoms with Gasteiger partial charge in [-0.05, 0) is 48.6 Å². The van der Waals surface area contributed by atoms with Crippen LogP contribution in [0.2, 0.25) is 0 Å². The van der Waals surface area contributed by atoms with E-state index in [4.69, 9.17) is 0 Å². The predicted octanol–water partition coefficient (Wildman–Crippen LogP) is 4.62. The van der Waals surface area contributed by atoms with Crippen molar-refractivity contribution in [3.05, 3.63) is 35.4 Å². The van der Waals surface area contributed by atoms with Gasteiger partial charge in [0, 0.05) is 12.6 Å². The molecule has 3 rings (SSSR count). The molecule has 2 saturated carbocycles. The Labute approximate surface area is 117 Å². The summed E-state index contributed by atoms with van der Waals surface area (Å²) in [5, 5.41) is 3.83. The third-order valence-corrected chi connectivity index (χ3v) is 5.01. The number of nitrogens with one attached hydrogen (secondary N) is 1. The highest BCUT2D eigenvalue weighted by atomic mass is 14.9. The zero-order valence-electron chi connectivity index (χ0n) is 12.2. The number of hydrogen-bond acceptors (Lipinski definition) is 1. The molecule has 1 aromatic rings. The van der Waals surface area contributed by atoms with Gasteiger partial charge in [-0.15, -0.1) is 0 Å². The summed E-state index contributed by atoms with van der Waals surface area (Å²) < 4.78 is 0. The third-order valence-electron chi connectivity index (χ3n) is 5.01. The Morgan fingerprint density at radius 2 is 1.95 bits per heavy atom. The maximum atomic E-state index is 3.83. The van der Waals surface area contributed by atoms with Crippen LogP contribution in [0.4, 0.5) is 0 Å². The van der Waals surface area contributed by atoms with Gasteiger partial charge in [-0.3, -0.25) is 0 Å². The molecule has 2 unspecified atom stereocenters. The normalized spacial score (nSPS) is 27.4. The maximum Gasteiger partial charge on any atom is 0.0210 e. The molecule has 0 amide bonds. The van der Waals surface area contributed by atoms with Gasteiger partial charge in [-0.2, -0.15) is 0 Å². The van der Waals surface area contributed by atoms with Crippen molar-refractivity contribution in [2.75, 3.05) is 0 Å². The Kier molecular flexibility index (Phi) is 4.22. The second kappa shape index (κ2) is 6.09. The molecule has 1 N–H and O–H groups in total. The predicted molar refractivity (Wildman–Crippen MR) is 81.3 cm³/mol. The molecule has 104 valence electrons. The Morgan fingerprint density at radius 3 is 2.74 bits per heavy atom. The first-order chi connectivity index (χ1) is 9.36. The van der Waals surface area contributed by atoms with Crippen LogP contribution in [-0.4, -0.2) is 6.04 Å². The molecule has 0 spiro atoms. The molecule has 1 aromatic carbocycles. The molecule has 0 radical (unpaired) electrons. The Bertz CT molecular complexity index is 408. The molecule has 0 heterocycles. The van der Waals surface area contributed by atoms with Gasteiger partial charge in [0.1, 0.15) is 0 Å². The van der Waals surface area contributed by atoms with Crippen molar-refractivity contribution in [3.63, 3.8) is 0 Å². The van der Waals surface area contributed by atoms with Crippen molar-refractivity contribution < 1.29 is 0 Å².